The van der Waals surface area contributed by atoms with Crippen molar-refractivity contribution >= 4 is 45.9 Å². The van der Waals surface area contributed by atoms with Crippen LogP contribution in [0.4, 0.5) is 11.4 Å². The van der Waals surface area contributed by atoms with Gasteiger partial charge in [0.1, 0.15) is 18.2 Å². The van der Waals surface area contributed by atoms with Crippen LogP contribution in [0.25, 0.3) is 10.9 Å². The van der Waals surface area contributed by atoms with Crippen LogP contribution < -0.4 is 20.1 Å². The van der Waals surface area contributed by atoms with Gasteiger partial charge in [-0.15, -0.1) is 0 Å². The molecular weight excluding hydrogens is 426 g/mol. The Labute approximate surface area is 190 Å². The van der Waals surface area contributed by atoms with Gasteiger partial charge in [0.15, 0.2) is 11.5 Å². The van der Waals surface area contributed by atoms with Crippen LogP contribution in [0, 0.1) is 13.8 Å². The molecule has 0 aliphatic carbocycles. The standard InChI is InChI=1S/C24H25N3O4S/c1-4-22(28)26-18-6-5-17(10-14(18)2)25-23(29)13-32-24-15(3)9-16-11-20-21(12-19(16)27-24)31-8-7-30-20/h5-6,9-12H,4,7-8,13H2,1-3H3,(H,25,29)(H,26,28). The Hall–Kier alpha value is -3.26. The average Bonchev–Trinajstić information content (AvgIpc) is 2.78. The molecule has 0 radical (unpaired) electrons. The van der Waals surface area contributed by atoms with Gasteiger partial charge in [-0.25, -0.2) is 4.98 Å². The molecule has 1 aliphatic heterocycles. The van der Waals surface area contributed by atoms with Crippen molar-refractivity contribution in [1.29, 1.82) is 0 Å². The first-order valence-electron chi connectivity index (χ1n) is 10.5. The number of hydrogen-bond acceptors (Lipinski definition) is 6. The van der Waals surface area contributed by atoms with E-state index in [1.165, 1.54) is 11.8 Å². The van der Waals surface area contributed by atoms with Crippen LogP contribution in [0.1, 0.15) is 24.5 Å². The molecule has 1 aromatic heterocycles. The molecule has 0 spiro atoms. The van der Waals surface area contributed by atoms with Gasteiger partial charge < -0.3 is 20.1 Å². The largest absolute Gasteiger partial charge is 0.486 e. The van der Waals surface area contributed by atoms with Gasteiger partial charge in [-0.2, -0.15) is 0 Å². The predicted molar refractivity (Wildman–Crippen MR) is 127 cm³/mol. The van der Waals surface area contributed by atoms with Gasteiger partial charge in [0.05, 0.1) is 11.3 Å². The van der Waals surface area contributed by atoms with Crippen molar-refractivity contribution in [3.63, 3.8) is 0 Å². The summed E-state index contributed by atoms with van der Waals surface area (Å²) in [5.41, 5.74) is 4.13. The lowest BCUT2D eigenvalue weighted by Gasteiger charge is -2.19. The summed E-state index contributed by atoms with van der Waals surface area (Å²) in [4.78, 5) is 28.8. The van der Waals surface area contributed by atoms with Gasteiger partial charge in [-0.1, -0.05) is 18.7 Å². The minimum Gasteiger partial charge on any atom is -0.486 e. The molecule has 2 N–H and O–H groups in total. The number of rotatable bonds is 6. The van der Waals surface area contributed by atoms with E-state index in [1.54, 1.807) is 19.1 Å². The van der Waals surface area contributed by atoms with E-state index in [1.807, 2.05) is 38.1 Å². The van der Waals surface area contributed by atoms with Crippen LogP contribution in [-0.2, 0) is 9.59 Å². The molecule has 166 valence electrons. The average molecular weight is 452 g/mol. The Bertz CT molecular complexity index is 1200. The zero-order valence-electron chi connectivity index (χ0n) is 18.3. The van der Waals surface area contributed by atoms with Crippen molar-refractivity contribution in [2.75, 3.05) is 29.6 Å². The molecule has 0 bridgehead atoms. The number of thioether (sulfide) groups is 1. The van der Waals surface area contributed by atoms with Crippen LogP contribution in [-0.4, -0.2) is 35.8 Å². The van der Waals surface area contributed by atoms with Crippen LogP contribution in [0.3, 0.4) is 0 Å². The summed E-state index contributed by atoms with van der Waals surface area (Å²) in [5.74, 6) is 1.50. The highest BCUT2D eigenvalue weighted by Crippen LogP contribution is 2.35. The third-order valence-corrected chi connectivity index (χ3v) is 6.16. The van der Waals surface area contributed by atoms with Crippen molar-refractivity contribution < 1.29 is 19.1 Å². The highest BCUT2D eigenvalue weighted by Gasteiger charge is 2.15. The van der Waals surface area contributed by atoms with Crippen molar-refractivity contribution in [1.82, 2.24) is 4.98 Å². The molecule has 2 heterocycles. The number of carbonyl (C=O) groups excluding carboxylic acids is 2. The van der Waals surface area contributed by atoms with E-state index in [0.29, 0.717) is 31.1 Å². The number of nitrogens with zero attached hydrogens (tertiary/aromatic N) is 1. The third-order valence-electron chi connectivity index (χ3n) is 5.07. The zero-order chi connectivity index (χ0) is 22.7. The van der Waals surface area contributed by atoms with E-state index in [4.69, 9.17) is 14.5 Å². The van der Waals surface area contributed by atoms with Crippen molar-refractivity contribution in [3.8, 4) is 11.5 Å². The minimum atomic E-state index is -0.122. The summed E-state index contributed by atoms with van der Waals surface area (Å²) in [5, 5.41) is 7.54. The molecule has 0 saturated heterocycles. The fourth-order valence-electron chi connectivity index (χ4n) is 3.40. The first kappa shape index (κ1) is 22.0. The van der Waals surface area contributed by atoms with E-state index in [9.17, 15) is 9.59 Å². The molecule has 0 fully saturated rings. The maximum absolute atomic E-state index is 12.5. The quantitative estimate of drug-likeness (QED) is 0.528. The highest BCUT2D eigenvalue weighted by atomic mass is 32.2. The summed E-state index contributed by atoms with van der Waals surface area (Å²) < 4.78 is 11.3. The van der Waals surface area contributed by atoms with Crippen LogP contribution in [0.5, 0.6) is 11.5 Å². The molecule has 0 saturated carbocycles. The smallest absolute Gasteiger partial charge is 0.234 e. The van der Waals surface area contributed by atoms with Crippen LogP contribution in [0.2, 0.25) is 0 Å². The van der Waals surface area contributed by atoms with Gasteiger partial charge in [0, 0.05) is 29.2 Å². The number of nitrogens with one attached hydrogen (secondary N) is 2. The van der Waals surface area contributed by atoms with Crippen molar-refractivity contribution in [2.45, 2.75) is 32.2 Å². The van der Waals surface area contributed by atoms with Gasteiger partial charge in [0.2, 0.25) is 11.8 Å². The fraction of sp³-hybridized carbons (Fsp3) is 0.292. The second-order valence-electron chi connectivity index (χ2n) is 7.57. The first-order chi connectivity index (χ1) is 15.4. The molecular formula is C24H25N3O4S. The molecule has 7 nitrogen and oxygen atoms in total. The lowest BCUT2D eigenvalue weighted by atomic mass is 10.1. The number of amides is 2. The predicted octanol–water partition coefficient (Wildman–Crippen LogP) is 4.70. The SMILES string of the molecule is CCC(=O)Nc1ccc(NC(=O)CSc2nc3cc4c(cc3cc2C)OCCO4)cc1C. The number of hydrogen-bond donors (Lipinski definition) is 2. The van der Waals surface area contributed by atoms with E-state index in [-0.39, 0.29) is 17.6 Å². The number of pyridine rings is 1. The van der Waals surface area contributed by atoms with Crippen LogP contribution in [0.15, 0.2) is 41.4 Å². The number of benzene rings is 2. The number of carbonyl (C=O) groups is 2. The number of ether oxygens (including phenoxy) is 2. The number of fused-ring (bicyclic) bond motifs is 2. The number of aryl methyl sites for hydroxylation is 2. The molecule has 2 aromatic carbocycles. The van der Waals surface area contributed by atoms with Gasteiger partial charge in [-0.3, -0.25) is 9.59 Å². The Morgan fingerprint density at radius 2 is 1.72 bits per heavy atom. The molecule has 3 aromatic rings. The van der Waals surface area contributed by atoms with Crippen molar-refractivity contribution in [3.05, 3.63) is 47.5 Å². The molecule has 0 atom stereocenters. The van der Waals surface area contributed by atoms with Gasteiger partial charge >= 0.3 is 0 Å². The molecule has 4 rings (SSSR count). The summed E-state index contributed by atoms with van der Waals surface area (Å²) >= 11 is 1.39. The first-order valence-corrected chi connectivity index (χ1v) is 11.5. The van der Waals surface area contributed by atoms with E-state index in [0.717, 1.165) is 38.5 Å². The Balaban J connectivity index is 1.42. The topological polar surface area (TPSA) is 89.6 Å². The monoisotopic (exact) mass is 451 g/mol. The van der Waals surface area contributed by atoms with Crippen molar-refractivity contribution in [2.24, 2.45) is 0 Å². The maximum atomic E-state index is 12.5. The molecule has 32 heavy (non-hydrogen) atoms. The van der Waals surface area contributed by atoms with E-state index < -0.39 is 0 Å². The van der Waals surface area contributed by atoms with E-state index in [2.05, 4.69) is 10.6 Å². The second kappa shape index (κ2) is 9.48. The number of aromatic nitrogens is 1. The molecule has 2 amide bonds. The normalized spacial score (nSPS) is 12.5. The van der Waals surface area contributed by atoms with Gasteiger partial charge in [-0.05, 0) is 55.3 Å². The maximum Gasteiger partial charge on any atom is 0.234 e. The summed E-state index contributed by atoms with van der Waals surface area (Å²) in [6.45, 7) is 6.75. The summed E-state index contributed by atoms with van der Waals surface area (Å²) in [6, 6.07) is 11.3. The Morgan fingerprint density at radius 3 is 2.44 bits per heavy atom. The Kier molecular flexibility index (Phi) is 6.50. The fourth-order valence-corrected chi connectivity index (χ4v) is 4.19. The number of anilines is 2. The lowest BCUT2D eigenvalue weighted by Crippen LogP contribution is -2.15. The molecule has 0 unspecified atom stereocenters. The lowest BCUT2D eigenvalue weighted by molar-refractivity contribution is -0.116. The van der Waals surface area contributed by atoms with Crippen LogP contribution >= 0.6 is 11.8 Å². The Morgan fingerprint density at radius 1 is 0.969 bits per heavy atom. The summed E-state index contributed by atoms with van der Waals surface area (Å²) in [7, 11) is 0. The molecule has 1 aliphatic rings. The summed E-state index contributed by atoms with van der Waals surface area (Å²) in [6.07, 6.45) is 0.417. The minimum absolute atomic E-state index is 0.0425. The van der Waals surface area contributed by atoms with Gasteiger partial charge in [0.25, 0.3) is 0 Å². The highest BCUT2D eigenvalue weighted by molar-refractivity contribution is 8.00. The zero-order valence-corrected chi connectivity index (χ0v) is 19.1. The van der Waals surface area contributed by atoms with E-state index >= 15 is 0 Å². The third kappa shape index (κ3) is 4.96. The second-order valence-corrected chi connectivity index (χ2v) is 8.53. The molecule has 8 heteroatoms.